The molecule has 2 aromatic carbocycles. The minimum atomic E-state index is 0.494. The lowest BCUT2D eigenvalue weighted by Gasteiger charge is -2.05. The van der Waals surface area contributed by atoms with E-state index in [-0.39, 0.29) is 0 Å². The molecule has 1 aromatic heterocycles. The first-order chi connectivity index (χ1) is 10.3. The first-order valence-electron chi connectivity index (χ1n) is 7.25. The third-order valence-corrected chi connectivity index (χ3v) is 3.66. The topological polar surface area (TPSA) is 41.6 Å². The molecule has 0 atom stereocenters. The highest BCUT2D eigenvalue weighted by atomic mass is 15.3. The fourth-order valence-electron chi connectivity index (χ4n) is 2.60. The molecule has 0 saturated carbocycles. The van der Waals surface area contributed by atoms with Gasteiger partial charge in [0, 0.05) is 5.39 Å². The Morgan fingerprint density at radius 1 is 1.05 bits per heavy atom. The van der Waals surface area contributed by atoms with Crippen molar-refractivity contribution in [3.63, 3.8) is 0 Å². The molecule has 0 N–H and O–H groups in total. The number of hydrogen-bond donors (Lipinski definition) is 0. The summed E-state index contributed by atoms with van der Waals surface area (Å²) in [6.07, 6.45) is 2.28. The van der Waals surface area contributed by atoms with Crippen molar-refractivity contribution in [2.24, 2.45) is 0 Å². The maximum Gasteiger partial charge on any atom is 0.170 e. The van der Waals surface area contributed by atoms with Gasteiger partial charge in [0.05, 0.1) is 12.1 Å². The van der Waals surface area contributed by atoms with Crippen LogP contribution in [0.5, 0.6) is 0 Å². The third kappa shape index (κ3) is 2.66. The highest BCUT2D eigenvalue weighted by Gasteiger charge is 2.09. The average Bonchev–Trinajstić information content (AvgIpc) is 2.88. The van der Waals surface area contributed by atoms with Crippen molar-refractivity contribution in [2.45, 2.75) is 26.3 Å². The van der Waals surface area contributed by atoms with Gasteiger partial charge in [-0.25, -0.2) is 0 Å². The van der Waals surface area contributed by atoms with Crippen LogP contribution in [0.25, 0.3) is 10.9 Å². The van der Waals surface area contributed by atoms with E-state index in [1.165, 1.54) is 11.1 Å². The van der Waals surface area contributed by atoms with E-state index in [1.807, 2.05) is 28.9 Å². The van der Waals surface area contributed by atoms with Crippen molar-refractivity contribution in [1.82, 2.24) is 9.78 Å². The summed E-state index contributed by atoms with van der Waals surface area (Å²) in [6.45, 7) is 2.88. The normalized spacial score (nSPS) is 10.7. The van der Waals surface area contributed by atoms with E-state index in [9.17, 15) is 5.26 Å². The summed E-state index contributed by atoms with van der Waals surface area (Å²) in [5, 5.41) is 14.5. The molecule has 0 unspecified atom stereocenters. The van der Waals surface area contributed by atoms with Crippen LogP contribution in [0.15, 0.2) is 48.5 Å². The molecule has 0 fully saturated rings. The van der Waals surface area contributed by atoms with E-state index in [1.54, 1.807) is 0 Å². The van der Waals surface area contributed by atoms with Crippen molar-refractivity contribution >= 4 is 10.9 Å². The van der Waals surface area contributed by atoms with Gasteiger partial charge in [0.1, 0.15) is 6.07 Å². The van der Waals surface area contributed by atoms with Crippen molar-refractivity contribution in [1.29, 1.82) is 5.26 Å². The summed E-state index contributed by atoms with van der Waals surface area (Å²) >= 11 is 0. The third-order valence-electron chi connectivity index (χ3n) is 3.66. The van der Waals surface area contributed by atoms with Crippen molar-refractivity contribution in [2.75, 3.05) is 0 Å². The van der Waals surface area contributed by atoms with Crippen molar-refractivity contribution in [3.05, 3.63) is 65.4 Å². The lowest BCUT2D eigenvalue weighted by atomic mass is 10.1. The molecule has 3 nitrogen and oxygen atoms in total. The quantitative estimate of drug-likeness (QED) is 0.724. The Hall–Kier alpha value is -2.60. The second-order valence-corrected chi connectivity index (χ2v) is 5.20. The summed E-state index contributed by atoms with van der Waals surface area (Å²) in [5.41, 5.74) is 4.07. The van der Waals surface area contributed by atoms with Crippen LogP contribution in [0, 0.1) is 11.3 Å². The Labute approximate surface area is 124 Å². The van der Waals surface area contributed by atoms with Crippen LogP contribution < -0.4 is 0 Å². The number of benzene rings is 2. The minimum absolute atomic E-state index is 0.494. The highest BCUT2D eigenvalue weighted by molar-refractivity contribution is 5.84. The molecule has 3 heteroatoms. The SMILES string of the molecule is CCCc1ccc(Cn2nc(C#N)c3ccccc32)cc1. The van der Waals surface area contributed by atoms with Crippen LogP contribution in [-0.4, -0.2) is 9.78 Å². The summed E-state index contributed by atoms with van der Waals surface area (Å²) in [4.78, 5) is 0. The number of nitrogens with zero attached hydrogens (tertiary/aromatic N) is 3. The number of nitriles is 1. The summed E-state index contributed by atoms with van der Waals surface area (Å²) in [5.74, 6) is 0. The minimum Gasteiger partial charge on any atom is -0.259 e. The molecule has 0 aliphatic carbocycles. The first kappa shape index (κ1) is 13.4. The van der Waals surface area contributed by atoms with Crippen LogP contribution in [0.4, 0.5) is 0 Å². The molecular formula is C18H17N3. The smallest absolute Gasteiger partial charge is 0.170 e. The molecule has 0 aliphatic rings. The van der Waals surface area contributed by atoms with Gasteiger partial charge >= 0.3 is 0 Å². The van der Waals surface area contributed by atoms with Gasteiger partial charge in [0.15, 0.2) is 5.69 Å². The van der Waals surface area contributed by atoms with Gasteiger partial charge < -0.3 is 0 Å². The lowest BCUT2D eigenvalue weighted by Crippen LogP contribution is -2.02. The molecule has 3 rings (SSSR count). The second-order valence-electron chi connectivity index (χ2n) is 5.20. The molecule has 0 aliphatic heterocycles. The fraction of sp³-hybridized carbons (Fsp3) is 0.222. The van der Waals surface area contributed by atoms with Gasteiger partial charge in [0.2, 0.25) is 0 Å². The van der Waals surface area contributed by atoms with Gasteiger partial charge in [0.25, 0.3) is 0 Å². The first-order valence-corrected chi connectivity index (χ1v) is 7.25. The lowest BCUT2D eigenvalue weighted by molar-refractivity contribution is 0.708. The molecule has 104 valence electrons. The predicted molar refractivity (Wildman–Crippen MR) is 84.0 cm³/mol. The van der Waals surface area contributed by atoms with E-state index in [0.717, 1.165) is 23.7 Å². The van der Waals surface area contributed by atoms with Crippen LogP contribution >= 0.6 is 0 Å². The predicted octanol–water partition coefficient (Wildman–Crippen LogP) is 3.91. The van der Waals surface area contributed by atoms with E-state index < -0.39 is 0 Å². The molecule has 1 heterocycles. The van der Waals surface area contributed by atoms with Crippen LogP contribution in [0.2, 0.25) is 0 Å². The number of aryl methyl sites for hydroxylation is 1. The van der Waals surface area contributed by atoms with Crippen LogP contribution in [0.1, 0.15) is 30.2 Å². The molecule has 3 aromatic rings. The maximum absolute atomic E-state index is 9.18. The Morgan fingerprint density at radius 2 is 1.76 bits per heavy atom. The average molecular weight is 275 g/mol. The number of aromatic nitrogens is 2. The monoisotopic (exact) mass is 275 g/mol. The number of fused-ring (bicyclic) bond motifs is 1. The van der Waals surface area contributed by atoms with E-state index in [0.29, 0.717) is 12.2 Å². The van der Waals surface area contributed by atoms with Gasteiger partial charge in [-0.3, -0.25) is 4.68 Å². The van der Waals surface area contributed by atoms with Crippen molar-refractivity contribution in [3.8, 4) is 6.07 Å². The number of rotatable bonds is 4. The number of hydrogen-bond acceptors (Lipinski definition) is 2. The second kappa shape index (κ2) is 5.80. The van der Waals surface area contributed by atoms with E-state index in [4.69, 9.17) is 0 Å². The van der Waals surface area contributed by atoms with Gasteiger partial charge in [-0.15, -0.1) is 0 Å². The van der Waals surface area contributed by atoms with Crippen molar-refractivity contribution < 1.29 is 0 Å². The molecule has 0 bridgehead atoms. The molecule has 0 amide bonds. The highest BCUT2D eigenvalue weighted by Crippen LogP contribution is 2.19. The largest absolute Gasteiger partial charge is 0.259 e. The fourth-order valence-corrected chi connectivity index (χ4v) is 2.60. The molecule has 0 spiro atoms. The van der Waals surface area contributed by atoms with Gasteiger partial charge in [-0.2, -0.15) is 10.4 Å². The summed E-state index contributed by atoms with van der Waals surface area (Å²) in [6, 6.07) is 18.7. The standard InChI is InChI=1S/C18H17N3/c1-2-5-14-8-10-15(11-9-14)13-21-18-7-4-3-6-16(18)17(12-19)20-21/h3-4,6-11H,2,5,13H2,1H3. The Morgan fingerprint density at radius 3 is 2.48 bits per heavy atom. The van der Waals surface area contributed by atoms with Gasteiger partial charge in [-0.1, -0.05) is 49.7 Å². The molecule has 0 radical (unpaired) electrons. The molecule has 21 heavy (non-hydrogen) atoms. The van der Waals surface area contributed by atoms with Crippen LogP contribution in [-0.2, 0) is 13.0 Å². The molecular weight excluding hydrogens is 258 g/mol. The molecule has 0 saturated heterocycles. The zero-order valence-electron chi connectivity index (χ0n) is 12.1. The zero-order valence-corrected chi connectivity index (χ0v) is 12.1. The Balaban J connectivity index is 1.93. The maximum atomic E-state index is 9.18. The summed E-state index contributed by atoms with van der Waals surface area (Å²) < 4.78 is 1.91. The van der Waals surface area contributed by atoms with E-state index in [2.05, 4.69) is 42.4 Å². The Bertz CT molecular complexity index is 791. The number of para-hydroxylation sites is 1. The van der Waals surface area contributed by atoms with E-state index >= 15 is 0 Å². The van der Waals surface area contributed by atoms with Crippen LogP contribution in [0.3, 0.4) is 0 Å². The Kier molecular flexibility index (Phi) is 3.70. The zero-order chi connectivity index (χ0) is 14.7. The summed E-state index contributed by atoms with van der Waals surface area (Å²) in [7, 11) is 0. The van der Waals surface area contributed by atoms with Gasteiger partial charge in [-0.05, 0) is 29.7 Å².